The summed E-state index contributed by atoms with van der Waals surface area (Å²) >= 11 is 0. The van der Waals surface area contributed by atoms with Crippen LogP contribution in [0.1, 0.15) is 20.7 Å². The maximum atomic E-state index is 13.1. The van der Waals surface area contributed by atoms with Gasteiger partial charge in [0.1, 0.15) is 48.5 Å². The lowest BCUT2D eigenvalue weighted by molar-refractivity contribution is -0.319. The Labute approximate surface area is 222 Å². The zero-order valence-corrected chi connectivity index (χ0v) is 20.5. The fourth-order valence-electron chi connectivity index (χ4n) is 5.17. The summed E-state index contributed by atoms with van der Waals surface area (Å²) in [5.74, 6) is -3.06. The van der Waals surface area contributed by atoms with Crippen molar-refractivity contribution >= 4 is 11.6 Å². The summed E-state index contributed by atoms with van der Waals surface area (Å²) in [5.41, 5.74) is 0.662. The number of ether oxygens (including phenoxy) is 4. The number of hydrogen-bond acceptors (Lipinski definition) is 13. The smallest absolute Gasteiger partial charge is 0.187 e. The first-order valence-electron chi connectivity index (χ1n) is 12.5. The van der Waals surface area contributed by atoms with E-state index in [2.05, 4.69) is 0 Å². The number of fused-ring (bicyclic) bond motifs is 2. The molecular weight excluding hydrogens is 520 g/mol. The maximum absolute atomic E-state index is 13.1. The molecule has 2 aliphatic heterocycles. The van der Waals surface area contributed by atoms with Gasteiger partial charge in [-0.25, -0.2) is 0 Å². The molecule has 7 N–H and O–H groups in total. The third-order valence-electron chi connectivity index (χ3n) is 7.48. The molecule has 5 rings (SSSR count). The predicted molar refractivity (Wildman–Crippen MR) is 127 cm³/mol. The summed E-state index contributed by atoms with van der Waals surface area (Å²) in [4.78, 5) is 26.0. The molecule has 0 spiro atoms. The number of carbonyl (C=O) groups excluding carboxylic acids is 2. The zero-order chi connectivity index (χ0) is 28.0. The first kappa shape index (κ1) is 28.0. The van der Waals surface area contributed by atoms with Crippen molar-refractivity contribution in [1.82, 2.24) is 0 Å². The van der Waals surface area contributed by atoms with E-state index < -0.39 is 79.5 Å². The van der Waals surface area contributed by atoms with Crippen LogP contribution in [0.25, 0.3) is 0 Å². The fraction of sp³-hybridized carbons (Fsp3) is 0.538. The molecule has 0 aromatic heterocycles. The second kappa shape index (κ2) is 11.1. The number of benzene rings is 1. The van der Waals surface area contributed by atoms with Crippen LogP contribution in [0.5, 0.6) is 0 Å². The van der Waals surface area contributed by atoms with Gasteiger partial charge in [0, 0.05) is 16.7 Å². The second-order valence-corrected chi connectivity index (χ2v) is 9.96. The van der Waals surface area contributed by atoms with Crippen LogP contribution in [-0.2, 0) is 18.9 Å². The van der Waals surface area contributed by atoms with Gasteiger partial charge in [-0.1, -0.05) is 36.4 Å². The van der Waals surface area contributed by atoms with Crippen molar-refractivity contribution < 1.29 is 64.3 Å². The summed E-state index contributed by atoms with van der Waals surface area (Å²) in [6, 6.07) is 6.37. The molecule has 2 fully saturated rings. The fourth-order valence-corrected chi connectivity index (χ4v) is 5.17. The lowest BCUT2D eigenvalue weighted by atomic mass is 9.70. The SMILES string of the molecule is O=C1c2ccccc2C(=O)C2C(O)=C(COC3O[C@H](CO[C@@H]4OC[C@@H](O)[C@H](O)[C@H]4O)[C@@H](O)[C@H](O)[C@H]3O)C=CC12. The van der Waals surface area contributed by atoms with Crippen LogP contribution in [0.2, 0.25) is 0 Å². The van der Waals surface area contributed by atoms with Gasteiger partial charge in [-0.15, -0.1) is 0 Å². The van der Waals surface area contributed by atoms with E-state index >= 15 is 0 Å². The molecule has 2 saturated heterocycles. The highest BCUT2D eigenvalue weighted by molar-refractivity contribution is 6.17. The van der Waals surface area contributed by atoms with Crippen molar-refractivity contribution in [1.29, 1.82) is 0 Å². The normalized spacial score (nSPS) is 40.4. The van der Waals surface area contributed by atoms with Crippen LogP contribution in [0.3, 0.4) is 0 Å². The molecule has 212 valence electrons. The van der Waals surface area contributed by atoms with E-state index in [0.29, 0.717) is 0 Å². The summed E-state index contributed by atoms with van der Waals surface area (Å²) < 4.78 is 21.7. The summed E-state index contributed by atoms with van der Waals surface area (Å²) in [6.45, 7) is -1.14. The van der Waals surface area contributed by atoms with Crippen molar-refractivity contribution in [2.75, 3.05) is 19.8 Å². The summed E-state index contributed by atoms with van der Waals surface area (Å²) in [5, 5.41) is 71.3. The quantitative estimate of drug-likeness (QED) is 0.204. The molecule has 0 saturated carbocycles. The van der Waals surface area contributed by atoms with Crippen molar-refractivity contribution in [3.63, 3.8) is 0 Å². The van der Waals surface area contributed by atoms with Crippen LogP contribution in [0.4, 0.5) is 0 Å². The molecule has 0 radical (unpaired) electrons. The molecule has 39 heavy (non-hydrogen) atoms. The number of aliphatic hydroxyl groups is 7. The second-order valence-electron chi connectivity index (χ2n) is 9.96. The number of hydrogen-bond donors (Lipinski definition) is 7. The third-order valence-corrected chi connectivity index (χ3v) is 7.48. The van der Waals surface area contributed by atoms with Gasteiger partial charge in [0.05, 0.1) is 31.7 Å². The van der Waals surface area contributed by atoms with Crippen molar-refractivity contribution in [2.24, 2.45) is 11.8 Å². The molecule has 4 aliphatic rings. The third kappa shape index (κ3) is 5.07. The highest BCUT2D eigenvalue weighted by Crippen LogP contribution is 2.39. The van der Waals surface area contributed by atoms with Gasteiger partial charge in [-0.3, -0.25) is 9.59 Å². The first-order chi connectivity index (χ1) is 18.6. The monoisotopic (exact) mass is 550 g/mol. The van der Waals surface area contributed by atoms with E-state index in [-0.39, 0.29) is 41.5 Å². The van der Waals surface area contributed by atoms with Gasteiger partial charge in [-0.05, 0) is 0 Å². The number of aliphatic hydroxyl groups excluding tert-OH is 7. The Morgan fingerprint density at radius 3 is 2.21 bits per heavy atom. The lowest BCUT2D eigenvalue weighted by Gasteiger charge is -2.41. The summed E-state index contributed by atoms with van der Waals surface area (Å²) in [7, 11) is 0. The molecule has 13 nitrogen and oxygen atoms in total. The Morgan fingerprint density at radius 1 is 0.821 bits per heavy atom. The van der Waals surface area contributed by atoms with E-state index in [4.69, 9.17) is 18.9 Å². The molecule has 13 heteroatoms. The summed E-state index contributed by atoms with van der Waals surface area (Å²) in [6.07, 6.45) is -10.6. The van der Waals surface area contributed by atoms with Crippen LogP contribution in [-0.4, -0.2) is 122 Å². The number of ketones is 2. The van der Waals surface area contributed by atoms with Crippen LogP contribution in [0, 0.1) is 11.8 Å². The highest BCUT2D eigenvalue weighted by atomic mass is 16.7. The van der Waals surface area contributed by atoms with Crippen LogP contribution < -0.4 is 0 Å². The molecule has 1 aromatic rings. The maximum Gasteiger partial charge on any atom is 0.187 e. The minimum Gasteiger partial charge on any atom is -0.511 e. The van der Waals surface area contributed by atoms with E-state index in [9.17, 15) is 45.3 Å². The van der Waals surface area contributed by atoms with E-state index in [1.807, 2.05) is 0 Å². The standard InChI is InChI=1S/C26H30O13/c27-14-8-37-25(23(34)20(14)31)38-9-15-21(32)22(33)24(35)26(39-15)36-7-10-5-6-13-16(17(10)28)19(30)12-4-2-1-3-11(12)18(13)29/h1-6,13-16,20-28,31-35H,7-9H2/t13?,14-,15-,16?,20+,21-,22+,23-,24-,25+,26?/m1/s1. The van der Waals surface area contributed by atoms with Crippen molar-refractivity contribution in [3.05, 3.63) is 58.9 Å². The number of Topliss-reactive ketones (excluding diaryl/α,β-unsaturated/α-hetero) is 2. The van der Waals surface area contributed by atoms with Gasteiger partial charge in [-0.2, -0.15) is 0 Å². The van der Waals surface area contributed by atoms with E-state index in [1.165, 1.54) is 18.2 Å². The van der Waals surface area contributed by atoms with Gasteiger partial charge >= 0.3 is 0 Å². The Balaban J connectivity index is 1.25. The molecule has 0 amide bonds. The average Bonchev–Trinajstić information content (AvgIpc) is 2.94. The first-order valence-corrected chi connectivity index (χ1v) is 12.5. The van der Waals surface area contributed by atoms with Crippen LogP contribution in [0.15, 0.2) is 47.7 Å². The highest BCUT2D eigenvalue weighted by Gasteiger charge is 2.47. The molecule has 11 atom stereocenters. The Kier molecular flexibility index (Phi) is 7.99. The lowest BCUT2D eigenvalue weighted by Crippen LogP contribution is -2.60. The van der Waals surface area contributed by atoms with E-state index in [0.717, 1.165) is 0 Å². The van der Waals surface area contributed by atoms with Gasteiger partial charge in [0.2, 0.25) is 0 Å². The van der Waals surface area contributed by atoms with Gasteiger partial charge in [0.15, 0.2) is 24.1 Å². The number of rotatable bonds is 6. The topological polar surface area (TPSA) is 213 Å². The Hall–Kier alpha value is -2.56. The van der Waals surface area contributed by atoms with Crippen LogP contribution >= 0.6 is 0 Å². The Morgan fingerprint density at radius 2 is 1.49 bits per heavy atom. The molecular formula is C26H30O13. The minimum absolute atomic E-state index is 0.160. The molecule has 0 bridgehead atoms. The number of allylic oxidation sites excluding steroid dienone is 2. The van der Waals surface area contributed by atoms with E-state index in [1.54, 1.807) is 18.2 Å². The molecule has 2 aliphatic carbocycles. The van der Waals surface area contributed by atoms with Gasteiger partial charge in [0.25, 0.3) is 0 Å². The van der Waals surface area contributed by atoms with Crippen molar-refractivity contribution in [3.8, 4) is 0 Å². The molecule has 2 heterocycles. The predicted octanol–water partition coefficient (Wildman–Crippen LogP) is -2.04. The average molecular weight is 551 g/mol. The van der Waals surface area contributed by atoms with Gasteiger partial charge < -0.3 is 54.7 Å². The molecule has 1 aromatic carbocycles. The Bertz CT molecular complexity index is 1160. The zero-order valence-electron chi connectivity index (χ0n) is 20.5. The number of carbonyl (C=O) groups is 2. The largest absolute Gasteiger partial charge is 0.511 e. The molecule has 3 unspecified atom stereocenters. The minimum atomic E-state index is -1.72. The van der Waals surface area contributed by atoms with Crippen molar-refractivity contribution in [2.45, 2.75) is 55.3 Å².